The smallest absolute Gasteiger partial charge is 0.337 e. The normalized spacial score (nSPS) is 24.3. The number of carbonyl (C=O) groups excluding carboxylic acids is 1. The van der Waals surface area contributed by atoms with Crippen molar-refractivity contribution in [2.24, 2.45) is 0 Å². The number of nitrogens with zero attached hydrogens (tertiary/aromatic N) is 5. The van der Waals surface area contributed by atoms with Gasteiger partial charge in [-0.3, -0.25) is 9.69 Å². The number of carbonyl (C=O) groups is 1. The van der Waals surface area contributed by atoms with Crippen molar-refractivity contribution >= 4 is 11.6 Å². The number of hydrogen-bond acceptors (Lipinski definition) is 4. The Morgan fingerprint density at radius 2 is 1.96 bits per heavy atom. The van der Waals surface area contributed by atoms with E-state index in [0.717, 1.165) is 29.8 Å². The van der Waals surface area contributed by atoms with E-state index in [9.17, 15) is 18.0 Å². The van der Waals surface area contributed by atoms with E-state index in [-0.39, 0.29) is 22.8 Å². The minimum absolute atomic E-state index is 0.0370. The van der Waals surface area contributed by atoms with Gasteiger partial charge in [0.2, 0.25) is 0 Å². The van der Waals surface area contributed by atoms with E-state index in [2.05, 4.69) is 22.0 Å². The lowest BCUT2D eigenvalue weighted by Gasteiger charge is -2.25. The Bertz CT molecular complexity index is 862. The molecule has 4 rings (SSSR count). The van der Waals surface area contributed by atoms with Crippen LogP contribution in [-0.4, -0.2) is 62.5 Å². The van der Waals surface area contributed by atoms with Crippen molar-refractivity contribution in [1.82, 2.24) is 24.4 Å². The number of likely N-dealkylation sites (N-methyl/N-ethyl adjacent to an activating group) is 1. The molecule has 140 valence electrons. The Kier molecular flexibility index (Phi) is 3.94. The molecule has 2 aromatic heterocycles. The Hall–Kier alpha value is -2.16. The lowest BCUT2D eigenvalue weighted by molar-refractivity contribution is -0.142. The predicted molar refractivity (Wildman–Crippen MR) is 87.8 cm³/mol. The molecule has 2 atom stereocenters. The number of hydrogen-bond donors (Lipinski definition) is 0. The number of halogens is 3. The van der Waals surface area contributed by atoms with Crippen molar-refractivity contribution in [3.05, 3.63) is 29.2 Å². The molecule has 0 N–H and O–H groups in total. The van der Waals surface area contributed by atoms with Gasteiger partial charge in [0.25, 0.3) is 5.91 Å². The van der Waals surface area contributed by atoms with Crippen molar-refractivity contribution in [2.75, 3.05) is 20.1 Å². The molecular weight excluding hydrogens is 347 g/mol. The van der Waals surface area contributed by atoms with Crippen LogP contribution < -0.4 is 0 Å². The lowest BCUT2D eigenvalue weighted by Crippen LogP contribution is -2.39. The fourth-order valence-corrected chi connectivity index (χ4v) is 4.10. The fourth-order valence-electron chi connectivity index (χ4n) is 4.10. The van der Waals surface area contributed by atoms with Gasteiger partial charge in [-0.2, -0.15) is 18.3 Å². The van der Waals surface area contributed by atoms with Crippen LogP contribution >= 0.6 is 0 Å². The molecule has 0 spiro atoms. The van der Waals surface area contributed by atoms with Gasteiger partial charge in [0, 0.05) is 30.9 Å². The summed E-state index contributed by atoms with van der Waals surface area (Å²) in [5.74, 6) is -0.299. The zero-order valence-corrected chi connectivity index (χ0v) is 14.6. The van der Waals surface area contributed by atoms with Crippen LogP contribution in [0.15, 0.2) is 12.3 Å². The molecule has 2 saturated heterocycles. The first-order valence-electron chi connectivity index (χ1n) is 8.69. The second-order valence-corrected chi connectivity index (χ2v) is 7.16. The molecule has 2 aliphatic heterocycles. The van der Waals surface area contributed by atoms with E-state index in [1.807, 2.05) is 0 Å². The monoisotopic (exact) mass is 367 g/mol. The standard InChI is InChI=1S/C17H20F3N5O/c1-10-7-14(17(18,19)20)25-15(22-10)13(8-21-25)16(26)24-6-5-11-3-4-12(9-24)23(11)2/h7-8,11-12H,3-6,9H2,1-2H3/t11-,12+/m0/s1. The minimum atomic E-state index is -4.57. The second-order valence-electron chi connectivity index (χ2n) is 7.16. The summed E-state index contributed by atoms with van der Waals surface area (Å²) in [6.45, 7) is 2.66. The molecular formula is C17H20F3N5O. The maximum atomic E-state index is 13.3. The Balaban J connectivity index is 1.71. The minimum Gasteiger partial charge on any atom is -0.337 e. The highest BCUT2D eigenvalue weighted by Crippen LogP contribution is 2.32. The largest absolute Gasteiger partial charge is 0.433 e. The molecule has 2 aliphatic rings. The Morgan fingerprint density at radius 1 is 1.23 bits per heavy atom. The van der Waals surface area contributed by atoms with Crippen LogP contribution in [0.4, 0.5) is 13.2 Å². The van der Waals surface area contributed by atoms with Gasteiger partial charge in [-0.05, 0) is 39.3 Å². The second kappa shape index (κ2) is 5.94. The molecule has 0 unspecified atom stereocenters. The van der Waals surface area contributed by atoms with Gasteiger partial charge in [0.05, 0.1) is 6.20 Å². The number of rotatable bonds is 1. The van der Waals surface area contributed by atoms with E-state index in [1.165, 1.54) is 13.1 Å². The zero-order valence-electron chi connectivity index (χ0n) is 14.6. The summed E-state index contributed by atoms with van der Waals surface area (Å²) in [5, 5.41) is 3.80. The summed E-state index contributed by atoms with van der Waals surface area (Å²) < 4.78 is 40.5. The number of likely N-dealkylation sites (tertiary alicyclic amines) is 1. The summed E-state index contributed by atoms with van der Waals surface area (Å²) in [7, 11) is 2.08. The average Bonchev–Trinajstić information content (AvgIpc) is 3.06. The molecule has 0 aliphatic carbocycles. The molecule has 0 radical (unpaired) electrons. The highest BCUT2D eigenvalue weighted by atomic mass is 19.4. The summed E-state index contributed by atoms with van der Waals surface area (Å²) in [5.41, 5.74) is -0.632. The number of amides is 1. The highest BCUT2D eigenvalue weighted by Gasteiger charge is 2.38. The molecule has 2 fully saturated rings. The van der Waals surface area contributed by atoms with Gasteiger partial charge < -0.3 is 4.90 Å². The van der Waals surface area contributed by atoms with Gasteiger partial charge in [-0.25, -0.2) is 9.50 Å². The molecule has 0 saturated carbocycles. The fraction of sp³-hybridized carbons (Fsp3) is 0.588. The first kappa shape index (κ1) is 17.3. The van der Waals surface area contributed by atoms with Crippen molar-refractivity contribution in [3.63, 3.8) is 0 Å². The lowest BCUT2D eigenvalue weighted by atomic mass is 10.1. The average molecular weight is 367 g/mol. The molecule has 6 nitrogen and oxygen atoms in total. The van der Waals surface area contributed by atoms with Gasteiger partial charge in [0.15, 0.2) is 5.65 Å². The van der Waals surface area contributed by atoms with Crippen LogP contribution in [0.5, 0.6) is 0 Å². The first-order chi connectivity index (χ1) is 12.3. The molecule has 2 bridgehead atoms. The van der Waals surface area contributed by atoms with Crippen molar-refractivity contribution in [3.8, 4) is 0 Å². The third-order valence-corrected chi connectivity index (χ3v) is 5.56. The molecule has 9 heteroatoms. The zero-order chi connectivity index (χ0) is 18.6. The quantitative estimate of drug-likeness (QED) is 0.777. The molecule has 2 aromatic rings. The van der Waals surface area contributed by atoms with Crippen LogP contribution in [-0.2, 0) is 6.18 Å². The Labute approximate surface area is 148 Å². The summed E-state index contributed by atoms with van der Waals surface area (Å²) in [6.07, 6.45) is -0.321. The molecule has 26 heavy (non-hydrogen) atoms. The molecule has 0 aromatic carbocycles. The van der Waals surface area contributed by atoms with Gasteiger partial charge >= 0.3 is 6.18 Å². The van der Waals surface area contributed by atoms with Crippen LogP contribution in [0, 0.1) is 6.92 Å². The van der Waals surface area contributed by atoms with Crippen molar-refractivity contribution in [2.45, 2.75) is 44.4 Å². The van der Waals surface area contributed by atoms with Crippen molar-refractivity contribution < 1.29 is 18.0 Å². The molecule has 1 amide bonds. The van der Waals surface area contributed by atoms with Crippen LogP contribution in [0.2, 0.25) is 0 Å². The van der Waals surface area contributed by atoms with E-state index in [1.54, 1.807) is 4.90 Å². The Morgan fingerprint density at radius 3 is 2.69 bits per heavy atom. The first-order valence-corrected chi connectivity index (χ1v) is 8.69. The number of aromatic nitrogens is 3. The summed E-state index contributed by atoms with van der Waals surface area (Å²) >= 11 is 0. The predicted octanol–water partition coefficient (Wildman–Crippen LogP) is 2.37. The van der Waals surface area contributed by atoms with E-state index in [0.29, 0.717) is 25.2 Å². The third-order valence-electron chi connectivity index (χ3n) is 5.56. The highest BCUT2D eigenvalue weighted by molar-refractivity contribution is 5.99. The summed E-state index contributed by atoms with van der Waals surface area (Å²) in [6, 6.07) is 1.71. The van der Waals surface area contributed by atoms with Crippen molar-refractivity contribution in [1.29, 1.82) is 0 Å². The van der Waals surface area contributed by atoms with Gasteiger partial charge in [-0.1, -0.05) is 0 Å². The van der Waals surface area contributed by atoms with Crippen LogP contribution in [0.25, 0.3) is 5.65 Å². The van der Waals surface area contributed by atoms with E-state index >= 15 is 0 Å². The third kappa shape index (κ3) is 2.74. The van der Waals surface area contributed by atoms with E-state index in [4.69, 9.17) is 0 Å². The number of aryl methyl sites for hydroxylation is 1. The molecule has 4 heterocycles. The van der Waals surface area contributed by atoms with Gasteiger partial charge in [0.1, 0.15) is 11.3 Å². The topological polar surface area (TPSA) is 53.7 Å². The van der Waals surface area contributed by atoms with Gasteiger partial charge in [-0.15, -0.1) is 0 Å². The SMILES string of the molecule is Cc1cc(C(F)(F)F)n2ncc(C(=O)N3CC[C@@H]4CC[C@H](C3)N4C)c2n1. The van der Waals surface area contributed by atoms with E-state index < -0.39 is 11.9 Å². The maximum Gasteiger partial charge on any atom is 0.433 e. The number of fused-ring (bicyclic) bond motifs is 3. The maximum absolute atomic E-state index is 13.3. The number of alkyl halides is 3. The van der Waals surface area contributed by atoms with Crippen LogP contribution in [0.3, 0.4) is 0 Å². The summed E-state index contributed by atoms with van der Waals surface area (Å²) in [4.78, 5) is 21.2. The van der Waals surface area contributed by atoms with Crippen LogP contribution in [0.1, 0.15) is 41.0 Å².